The van der Waals surface area contributed by atoms with Gasteiger partial charge in [-0.3, -0.25) is 9.69 Å². The quantitative estimate of drug-likeness (QED) is 0.358. The number of pyridine rings is 1. The van der Waals surface area contributed by atoms with E-state index in [0.717, 1.165) is 53.5 Å². The van der Waals surface area contributed by atoms with Gasteiger partial charge in [0.05, 0.1) is 25.2 Å². The molecule has 2 N–H and O–H groups in total. The molecule has 1 unspecified atom stereocenters. The third-order valence-electron chi connectivity index (χ3n) is 6.83. The molecular weight excluding hydrogens is 448 g/mol. The number of aromatic nitrogens is 1. The van der Waals surface area contributed by atoms with Crippen LogP contribution in [-0.4, -0.2) is 47.4 Å². The average Bonchev–Trinajstić information content (AvgIpc) is 3.45. The molecule has 6 heteroatoms. The molecule has 1 fully saturated rings. The maximum absolute atomic E-state index is 13.4. The topological polar surface area (TPSA) is 71.7 Å². The van der Waals surface area contributed by atoms with Gasteiger partial charge in [0.25, 0.3) is 0 Å². The third kappa shape index (κ3) is 5.19. The van der Waals surface area contributed by atoms with Crippen LogP contribution in [0.5, 0.6) is 5.88 Å². The summed E-state index contributed by atoms with van der Waals surface area (Å²) in [5.74, 6) is 0.703. The first kappa shape index (κ1) is 23.8. The van der Waals surface area contributed by atoms with Crippen molar-refractivity contribution in [2.45, 2.75) is 25.4 Å². The second-order valence-corrected chi connectivity index (χ2v) is 9.33. The molecular formula is C30H32N4O2. The molecule has 1 aliphatic rings. The van der Waals surface area contributed by atoms with Crippen LogP contribution in [0.4, 0.5) is 5.69 Å². The van der Waals surface area contributed by atoms with Crippen molar-refractivity contribution in [3.05, 3.63) is 102 Å². The molecule has 1 atom stereocenters. The Morgan fingerprint density at radius 1 is 1.00 bits per heavy atom. The molecule has 4 aromatic rings. The predicted molar refractivity (Wildman–Crippen MR) is 144 cm³/mol. The number of nitrogens with zero attached hydrogens (tertiary/aromatic N) is 3. The van der Waals surface area contributed by atoms with Crippen LogP contribution < -0.4 is 10.5 Å². The number of nitrogens with two attached hydrogens (primary N) is 1. The normalized spacial score (nSPS) is 14.3. The van der Waals surface area contributed by atoms with Crippen molar-refractivity contribution in [2.75, 3.05) is 32.5 Å². The van der Waals surface area contributed by atoms with E-state index >= 15 is 0 Å². The molecule has 5 rings (SSSR count). The number of nitrogen functional groups attached to an aromatic ring is 1. The summed E-state index contributed by atoms with van der Waals surface area (Å²) in [4.78, 5) is 22.5. The molecule has 184 valence electrons. The van der Waals surface area contributed by atoms with E-state index in [1.807, 2.05) is 59.5 Å². The lowest BCUT2D eigenvalue weighted by Gasteiger charge is -2.34. The number of anilines is 1. The Hall–Kier alpha value is -3.90. The summed E-state index contributed by atoms with van der Waals surface area (Å²) in [6, 6.07) is 28.1. The smallest absolute Gasteiger partial charge is 0.236 e. The number of fused-ring (bicyclic) bond motifs is 1. The van der Waals surface area contributed by atoms with Gasteiger partial charge in [0.2, 0.25) is 11.8 Å². The van der Waals surface area contributed by atoms with Crippen molar-refractivity contribution in [3.8, 4) is 5.88 Å². The van der Waals surface area contributed by atoms with Crippen LogP contribution in [0.15, 0.2) is 84.9 Å². The highest BCUT2D eigenvalue weighted by Gasteiger charge is 2.30. The maximum Gasteiger partial charge on any atom is 0.236 e. The lowest BCUT2D eigenvalue weighted by Crippen LogP contribution is -2.41. The fourth-order valence-electron chi connectivity index (χ4n) is 5.07. The first-order valence-electron chi connectivity index (χ1n) is 12.5. The van der Waals surface area contributed by atoms with Crippen molar-refractivity contribution >= 4 is 22.5 Å². The fraction of sp³-hybridized carbons (Fsp3) is 0.267. The van der Waals surface area contributed by atoms with E-state index in [4.69, 9.17) is 15.5 Å². The fourth-order valence-corrected chi connectivity index (χ4v) is 5.07. The van der Waals surface area contributed by atoms with Crippen LogP contribution in [0.25, 0.3) is 10.9 Å². The monoisotopic (exact) mass is 480 g/mol. The molecule has 6 nitrogen and oxygen atoms in total. The number of carbonyl (C=O) groups is 1. The maximum atomic E-state index is 13.4. The van der Waals surface area contributed by atoms with Crippen LogP contribution in [0.1, 0.15) is 35.6 Å². The van der Waals surface area contributed by atoms with Gasteiger partial charge in [-0.1, -0.05) is 60.7 Å². The Balaban J connectivity index is 1.64. The molecule has 1 saturated heterocycles. The summed E-state index contributed by atoms with van der Waals surface area (Å²) in [6.07, 6.45) is 2.13. The first-order chi connectivity index (χ1) is 17.6. The molecule has 0 aliphatic carbocycles. The number of ether oxygens (including phenoxy) is 1. The van der Waals surface area contributed by atoms with Crippen molar-refractivity contribution in [2.24, 2.45) is 0 Å². The second-order valence-electron chi connectivity index (χ2n) is 9.33. The zero-order valence-electron chi connectivity index (χ0n) is 20.6. The number of hydrogen-bond donors (Lipinski definition) is 1. The molecule has 1 aromatic heterocycles. The van der Waals surface area contributed by atoms with Crippen molar-refractivity contribution in [1.29, 1.82) is 0 Å². The third-order valence-corrected chi connectivity index (χ3v) is 6.83. The summed E-state index contributed by atoms with van der Waals surface area (Å²) in [7, 11) is 1.65. The van der Waals surface area contributed by atoms with Gasteiger partial charge < -0.3 is 15.4 Å². The number of amides is 1. The number of benzene rings is 3. The zero-order valence-corrected chi connectivity index (χ0v) is 20.6. The van der Waals surface area contributed by atoms with Gasteiger partial charge in [0, 0.05) is 36.3 Å². The highest BCUT2D eigenvalue weighted by atomic mass is 16.5. The SMILES string of the molecule is COc1nc2ccc(N)cc2cc1C(c1ccccc1)N(CC(=O)N1CCCC1)Cc1ccccc1. The number of methoxy groups -OCH3 is 1. The van der Waals surface area contributed by atoms with E-state index < -0.39 is 0 Å². The van der Waals surface area contributed by atoms with Gasteiger partial charge in [-0.25, -0.2) is 4.98 Å². The van der Waals surface area contributed by atoms with Crippen LogP contribution in [0.3, 0.4) is 0 Å². The van der Waals surface area contributed by atoms with Crippen LogP contribution in [0.2, 0.25) is 0 Å². The number of hydrogen-bond acceptors (Lipinski definition) is 5. The molecule has 0 saturated carbocycles. The molecule has 0 radical (unpaired) electrons. The Morgan fingerprint density at radius 2 is 1.69 bits per heavy atom. The van der Waals surface area contributed by atoms with Crippen molar-refractivity contribution < 1.29 is 9.53 Å². The van der Waals surface area contributed by atoms with E-state index in [0.29, 0.717) is 24.7 Å². The molecule has 0 bridgehead atoms. The van der Waals surface area contributed by atoms with Gasteiger partial charge in [0.15, 0.2) is 0 Å². The lowest BCUT2D eigenvalue weighted by molar-refractivity contribution is -0.131. The van der Waals surface area contributed by atoms with Gasteiger partial charge in [-0.15, -0.1) is 0 Å². The van der Waals surface area contributed by atoms with E-state index in [1.165, 1.54) is 0 Å². The van der Waals surface area contributed by atoms with Crippen LogP contribution in [0, 0.1) is 0 Å². The van der Waals surface area contributed by atoms with E-state index in [1.54, 1.807) is 7.11 Å². The summed E-state index contributed by atoms with van der Waals surface area (Å²) in [5, 5.41) is 0.942. The molecule has 0 spiro atoms. The molecule has 36 heavy (non-hydrogen) atoms. The molecule has 1 amide bonds. The first-order valence-corrected chi connectivity index (χ1v) is 12.5. The summed E-state index contributed by atoms with van der Waals surface area (Å²) < 4.78 is 5.83. The number of carbonyl (C=O) groups excluding carboxylic acids is 1. The van der Waals surface area contributed by atoms with E-state index in [-0.39, 0.29) is 11.9 Å². The standard InChI is InChI=1S/C30H32N4O2/c1-36-30-26(19-24-18-25(31)14-15-27(24)32-30)29(23-12-6-3-7-13-23)34(20-22-10-4-2-5-11-22)21-28(35)33-16-8-9-17-33/h2-7,10-15,18-19,29H,8-9,16-17,20-21,31H2,1H3. The molecule has 3 aromatic carbocycles. The predicted octanol–water partition coefficient (Wildman–Crippen LogP) is 5.04. The summed E-state index contributed by atoms with van der Waals surface area (Å²) >= 11 is 0. The number of likely N-dealkylation sites (tertiary alicyclic amines) is 1. The second kappa shape index (κ2) is 10.8. The highest BCUT2D eigenvalue weighted by molar-refractivity contribution is 5.84. The van der Waals surface area contributed by atoms with Gasteiger partial charge >= 0.3 is 0 Å². The zero-order chi connectivity index (χ0) is 24.9. The summed E-state index contributed by atoms with van der Waals surface area (Å²) in [5.41, 5.74) is 10.7. The van der Waals surface area contributed by atoms with Gasteiger partial charge in [-0.2, -0.15) is 0 Å². The Labute approximate surface area is 212 Å². The van der Waals surface area contributed by atoms with Crippen LogP contribution in [-0.2, 0) is 11.3 Å². The largest absolute Gasteiger partial charge is 0.481 e. The van der Waals surface area contributed by atoms with Gasteiger partial charge in [-0.05, 0) is 48.2 Å². The number of rotatable bonds is 8. The van der Waals surface area contributed by atoms with Crippen molar-refractivity contribution in [1.82, 2.24) is 14.8 Å². The minimum absolute atomic E-state index is 0.154. The minimum atomic E-state index is -0.244. The molecule has 1 aliphatic heterocycles. The Kier molecular flexibility index (Phi) is 7.14. The highest BCUT2D eigenvalue weighted by Crippen LogP contribution is 2.37. The average molecular weight is 481 g/mol. The minimum Gasteiger partial charge on any atom is -0.481 e. The van der Waals surface area contributed by atoms with E-state index in [2.05, 4.69) is 35.2 Å². The molecule has 2 heterocycles. The Morgan fingerprint density at radius 3 is 2.39 bits per heavy atom. The van der Waals surface area contributed by atoms with Gasteiger partial charge in [0.1, 0.15) is 0 Å². The van der Waals surface area contributed by atoms with E-state index in [9.17, 15) is 4.79 Å². The van der Waals surface area contributed by atoms with Crippen molar-refractivity contribution in [3.63, 3.8) is 0 Å². The summed E-state index contributed by atoms with van der Waals surface area (Å²) in [6.45, 7) is 2.56. The Bertz CT molecular complexity index is 1320. The van der Waals surface area contributed by atoms with Crippen LogP contribution >= 0.6 is 0 Å². The lowest BCUT2D eigenvalue weighted by atomic mass is 9.95.